The quantitative estimate of drug-likeness (QED) is 0.763. The minimum Gasteiger partial charge on any atom is -0.376 e. The van der Waals surface area contributed by atoms with E-state index in [1.807, 2.05) is 25.7 Å². The molecule has 0 aromatic carbocycles. The number of carbonyl (C=O) groups excluding carboxylic acids is 1. The lowest BCUT2D eigenvalue weighted by molar-refractivity contribution is -0.134. The van der Waals surface area contributed by atoms with Gasteiger partial charge in [0.05, 0.1) is 12.1 Å². The standard InChI is InChI=1S/C12H24N2O2/c1-4-14(8-10-6-5-7-16-10)12(15)11(13)9(2)3/h9-11H,4-8,13H2,1-3H3. The number of nitrogens with zero attached hydrogens (tertiary/aromatic N) is 1. The first-order valence-electron chi connectivity index (χ1n) is 6.22. The fourth-order valence-electron chi connectivity index (χ4n) is 1.91. The largest absolute Gasteiger partial charge is 0.376 e. The molecule has 1 heterocycles. The number of amides is 1. The third kappa shape index (κ3) is 3.46. The molecule has 16 heavy (non-hydrogen) atoms. The first-order valence-corrected chi connectivity index (χ1v) is 6.22. The van der Waals surface area contributed by atoms with Crippen molar-refractivity contribution >= 4 is 5.91 Å². The zero-order valence-corrected chi connectivity index (χ0v) is 10.6. The molecule has 1 rings (SSSR count). The molecule has 0 bridgehead atoms. The second-order valence-corrected chi connectivity index (χ2v) is 4.78. The number of carbonyl (C=O) groups is 1. The highest BCUT2D eigenvalue weighted by Gasteiger charge is 2.26. The molecule has 4 heteroatoms. The molecule has 2 unspecified atom stereocenters. The van der Waals surface area contributed by atoms with Crippen LogP contribution in [0.1, 0.15) is 33.6 Å². The summed E-state index contributed by atoms with van der Waals surface area (Å²) in [7, 11) is 0. The Morgan fingerprint density at radius 3 is 2.69 bits per heavy atom. The van der Waals surface area contributed by atoms with E-state index in [9.17, 15) is 4.79 Å². The minimum absolute atomic E-state index is 0.0491. The second kappa shape index (κ2) is 6.21. The van der Waals surface area contributed by atoms with Crippen molar-refractivity contribution in [1.29, 1.82) is 0 Å². The molecular weight excluding hydrogens is 204 g/mol. The van der Waals surface area contributed by atoms with Gasteiger partial charge in [0.15, 0.2) is 0 Å². The lowest BCUT2D eigenvalue weighted by Gasteiger charge is -2.28. The van der Waals surface area contributed by atoms with Gasteiger partial charge in [-0.2, -0.15) is 0 Å². The molecule has 4 nitrogen and oxygen atoms in total. The number of ether oxygens (including phenoxy) is 1. The lowest BCUT2D eigenvalue weighted by Crippen LogP contribution is -2.48. The average molecular weight is 228 g/mol. The Hall–Kier alpha value is -0.610. The van der Waals surface area contributed by atoms with Crippen molar-refractivity contribution in [2.75, 3.05) is 19.7 Å². The Labute approximate surface area is 98.1 Å². The fourth-order valence-corrected chi connectivity index (χ4v) is 1.91. The summed E-state index contributed by atoms with van der Waals surface area (Å²) in [6, 6.07) is -0.388. The molecule has 1 fully saturated rings. The van der Waals surface area contributed by atoms with Gasteiger partial charge in [0.25, 0.3) is 0 Å². The highest BCUT2D eigenvalue weighted by molar-refractivity contribution is 5.81. The van der Waals surface area contributed by atoms with Crippen LogP contribution < -0.4 is 5.73 Å². The van der Waals surface area contributed by atoms with Crippen LogP contribution >= 0.6 is 0 Å². The highest BCUT2D eigenvalue weighted by Crippen LogP contribution is 2.14. The Morgan fingerprint density at radius 2 is 2.25 bits per heavy atom. The minimum atomic E-state index is -0.388. The summed E-state index contributed by atoms with van der Waals surface area (Å²) in [5.74, 6) is 0.235. The molecule has 0 radical (unpaired) electrons. The van der Waals surface area contributed by atoms with E-state index in [-0.39, 0.29) is 24.0 Å². The maximum atomic E-state index is 12.0. The molecule has 0 aliphatic carbocycles. The number of hydrogen-bond donors (Lipinski definition) is 1. The van der Waals surface area contributed by atoms with Crippen molar-refractivity contribution in [1.82, 2.24) is 4.90 Å². The number of nitrogens with two attached hydrogens (primary N) is 1. The Kier molecular flexibility index (Phi) is 5.22. The van der Waals surface area contributed by atoms with E-state index in [2.05, 4.69) is 0 Å². The maximum Gasteiger partial charge on any atom is 0.239 e. The van der Waals surface area contributed by atoms with Crippen LogP contribution in [-0.2, 0) is 9.53 Å². The van der Waals surface area contributed by atoms with Crippen LogP contribution in [0.4, 0.5) is 0 Å². The number of hydrogen-bond acceptors (Lipinski definition) is 3. The summed E-state index contributed by atoms with van der Waals surface area (Å²) in [5, 5.41) is 0. The summed E-state index contributed by atoms with van der Waals surface area (Å²) >= 11 is 0. The van der Waals surface area contributed by atoms with Gasteiger partial charge in [0.2, 0.25) is 5.91 Å². The summed E-state index contributed by atoms with van der Waals surface area (Å²) in [6.07, 6.45) is 2.37. The van der Waals surface area contributed by atoms with Gasteiger partial charge in [-0.3, -0.25) is 4.79 Å². The van der Waals surface area contributed by atoms with Gasteiger partial charge in [-0.1, -0.05) is 13.8 Å². The van der Waals surface area contributed by atoms with Crippen LogP contribution in [0.3, 0.4) is 0 Å². The molecule has 94 valence electrons. The van der Waals surface area contributed by atoms with E-state index in [1.54, 1.807) is 0 Å². The van der Waals surface area contributed by atoms with Gasteiger partial charge in [-0.15, -0.1) is 0 Å². The normalized spacial score (nSPS) is 22.4. The van der Waals surface area contributed by atoms with E-state index in [1.165, 1.54) is 0 Å². The third-order valence-electron chi connectivity index (χ3n) is 3.14. The van der Waals surface area contributed by atoms with Crippen LogP contribution in [0.2, 0.25) is 0 Å². The van der Waals surface area contributed by atoms with Gasteiger partial charge >= 0.3 is 0 Å². The summed E-state index contributed by atoms with van der Waals surface area (Å²) < 4.78 is 5.54. The van der Waals surface area contributed by atoms with E-state index >= 15 is 0 Å². The van der Waals surface area contributed by atoms with Crippen LogP contribution in [0.5, 0.6) is 0 Å². The fraction of sp³-hybridized carbons (Fsp3) is 0.917. The Bertz CT molecular complexity index is 225. The maximum absolute atomic E-state index is 12.0. The lowest BCUT2D eigenvalue weighted by atomic mass is 10.0. The van der Waals surface area contributed by atoms with Crippen molar-refractivity contribution in [2.45, 2.75) is 45.8 Å². The number of rotatable bonds is 5. The zero-order valence-electron chi connectivity index (χ0n) is 10.6. The number of likely N-dealkylation sites (N-methyl/N-ethyl adjacent to an activating group) is 1. The molecule has 1 amide bonds. The molecule has 2 atom stereocenters. The van der Waals surface area contributed by atoms with Crippen molar-refractivity contribution in [3.8, 4) is 0 Å². The SMILES string of the molecule is CCN(CC1CCCO1)C(=O)C(N)C(C)C. The van der Waals surface area contributed by atoms with Gasteiger partial charge < -0.3 is 15.4 Å². The van der Waals surface area contributed by atoms with Gasteiger partial charge in [0.1, 0.15) is 0 Å². The third-order valence-corrected chi connectivity index (χ3v) is 3.14. The van der Waals surface area contributed by atoms with Crippen molar-refractivity contribution in [3.63, 3.8) is 0 Å². The molecule has 1 aliphatic heterocycles. The van der Waals surface area contributed by atoms with Gasteiger partial charge in [0, 0.05) is 19.7 Å². The van der Waals surface area contributed by atoms with Crippen LogP contribution in [0.15, 0.2) is 0 Å². The van der Waals surface area contributed by atoms with Crippen molar-refractivity contribution < 1.29 is 9.53 Å². The van der Waals surface area contributed by atoms with E-state index in [0.29, 0.717) is 13.1 Å². The van der Waals surface area contributed by atoms with E-state index < -0.39 is 0 Å². The monoisotopic (exact) mass is 228 g/mol. The first-order chi connectivity index (χ1) is 7.56. The molecule has 0 saturated carbocycles. The molecular formula is C12H24N2O2. The van der Waals surface area contributed by atoms with E-state index in [4.69, 9.17) is 10.5 Å². The first kappa shape index (κ1) is 13.5. The molecule has 2 N–H and O–H groups in total. The Morgan fingerprint density at radius 1 is 1.56 bits per heavy atom. The smallest absolute Gasteiger partial charge is 0.239 e. The Balaban J connectivity index is 2.48. The summed E-state index contributed by atoms with van der Waals surface area (Å²) in [5.41, 5.74) is 5.88. The summed E-state index contributed by atoms with van der Waals surface area (Å²) in [6.45, 7) is 8.16. The van der Waals surface area contributed by atoms with Crippen LogP contribution in [0, 0.1) is 5.92 Å². The molecule has 0 aromatic rings. The topological polar surface area (TPSA) is 55.6 Å². The van der Waals surface area contributed by atoms with E-state index in [0.717, 1.165) is 19.4 Å². The van der Waals surface area contributed by atoms with Gasteiger partial charge in [-0.05, 0) is 25.7 Å². The predicted octanol–water partition coefficient (Wildman–Crippen LogP) is 0.997. The molecule has 1 aliphatic rings. The molecule has 0 spiro atoms. The highest BCUT2D eigenvalue weighted by atomic mass is 16.5. The average Bonchev–Trinajstić information content (AvgIpc) is 2.76. The van der Waals surface area contributed by atoms with Gasteiger partial charge in [-0.25, -0.2) is 0 Å². The molecule has 0 aromatic heterocycles. The zero-order chi connectivity index (χ0) is 12.1. The second-order valence-electron chi connectivity index (χ2n) is 4.78. The van der Waals surface area contributed by atoms with Crippen LogP contribution in [0.25, 0.3) is 0 Å². The summed E-state index contributed by atoms with van der Waals surface area (Å²) in [4.78, 5) is 13.9. The van der Waals surface area contributed by atoms with Crippen molar-refractivity contribution in [3.05, 3.63) is 0 Å². The predicted molar refractivity (Wildman–Crippen MR) is 64.0 cm³/mol. The van der Waals surface area contributed by atoms with Crippen LogP contribution in [-0.4, -0.2) is 42.6 Å². The molecule has 1 saturated heterocycles. The van der Waals surface area contributed by atoms with Crippen molar-refractivity contribution in [2.24, 2.45) is 11.7 Å².